The number of nitrogens with one attached hydrogen (secondary N) is 2. The molecule has 0 aliphatic carbocycles. The van der Waals surface area contributed by atoms with Gasteiger partial charge in [0.15, 0.2) is 0 Å². The van der Waals surface area contributed by atoms with Crippen LogP contribution in [0.3, 0.4) is 0 Å². The Morgan fingerprint density at radius 2 is 2.00 bits per heavy atom. The Morgan fingerprint density at radius 1 is 1.40 bits per heavy atom. The van der Waals surface area contributed by atoms with Crippen molar-refractivity contribution in [3.8, 4) is 0 Å². The second-order valence-electron chi connectivity index (χ2n) is 3.39. The van der Waals surface area contributed by atoms with Gasteiger partial charge in [0.1, 0.15) is 0 Å². The first-order valence-corrected chi connectivity index (χ1v) is 4.94. The predicted octanol–water partition coefficient (Wildman–Crippen LogP) is 1.14. The Kier molecular flexibility index (Phi) is 4.12. The maximum absolute atomic E-state index is 11.1. The first-order chi connectivity index (χ1) is 7.17. The van der Waals surface area contributed by atoms with Crippen molar-refractivity contribution in [3.63, 3.8) is 0 Å². The first-order valence-electron chi connectivity index (χ1n) is 4.94. The van der Waals surface area contributed by atoms with Crippen molar-refractivity contribution in [1.29, 1.82) is 0 Å². The van der Waals surface area contributed by atoms with E-state index in [0.717, 1.165) is 11.1 Å². The SMILES string of the molecule is CNC(=O)NC(C)c1ccc(CN)cc1. The molecule has 0 aliphatic heterocycles. The van der Waals surface area contributed by atoms with E-state index in [4.69, 9.17) is 5.73 Å². The first kappa shape index (κ1) is 11.5. The van der Waals surface area contributed by atoms with Crippen molar-refractivity contribution in [2.24, 2.45) is 5.73 Å². The Bertz CT molecular complexity index is 321. The molecule has 4 nitrogen and oxygen atoms in total. The van der Waals surface area contributed by atoms with Crippen LogP contribution in [0.25, 0.3) is 0 Å². The highest BCUT2D eigenvalue weighted by atomic mass is 16.2. The third-order valence-electron chi connectivity index (χ3n) is 2.29. The standard InChI is InChI=1S/C11H17N3O/c1-8(14-11(15)13-2)10-5-3-9(7-12)4-6-10/h3-6,8H,7,12H2,1-2H3,(H2,13,14,15). The molecule has 0 radical (unpaired) electrons. The Morgan fingerprint density at radius 3 is 2.47 bits per heavy atom. The molecule has 2 amide bonds. The maximum atomic E-state index is 11.1. The normalized spacial score (nSPS) is 11.9. The number of rotatable bonds is 3. The number of hydrogen-bond donors (Lipinski definition) is 3. The van der Waals surface area contributed by atoms with E-state index < -0.39 is 0 Å². The molecule has 4 heteroatoms. The van der Waals surface area contributed by atoms with Gasteiger partial charge in [-0.05, 0) is 18.1 Å². The Hall–Kier alpha value is -1.55. The predicted molar refractivity (Wildman–Crippen MR) is 60.3 cm³/mol. The molecule has 15 heavy (non-hydrogen) atoms. The topological polar surface area (TPSA) is 67.2 Å². The molecule has 0 saturated heterocycles. The molecule has 0 saturated carbocycles. The number of carbonyl (C=O) groups excluding carboxylic acids is 1. The summed E-state index contributed by atoms with van der Waals surface area (Å²) in [6, 6.07) is 7.71. The second-order valence-corrected chi connectivity index (χ2v) is 3.39. The molecular formula is C11H17N3O. The average molecular weight is 207 g/mol. The Balaban J connectivity index is 2.65. The molecule has 4 N–H and O–H groups in total. The zero-order chi connectivity index (χ0) is 11.3. The number of urea groups is 1. The van der Waals surface area contributed by atoms with Crippen molar-refractivity contribution in [1.82, 2.24) is 10.6 Å². The van der Waals surface area contributed by atoms with Gasteiger partial charge in [0, 0.05) is 13.6 Å². The number of benzene rings is 1. The van der Waals surface area contributed by atoms with Gasteiger partial charge >= 0.3 is 6.03 Å². The lowest BCUT2D eigenvalue weighted by molar-refractivity contribution is 0.240. The number of nitrogens with two attached hydrogens (primary N) is 1. The fourth-order valence-electron chi connectivity index (χ4n) is 1.29. The maximum Gasteiger partial charge on any atom is 0.315 e. The van der Waals surface area contributed by atoms with Crippen LogP contribution in [0.2, 0.25) is 0 Å². The number of amides is 2. The van der Waals surface area contributed by atoms with Crippen molar-refractivity contribution in [3.05, 3.63) is 35.4 Å². The van der Waals surface area contributed by atoms with Crippen molar-refractivity contribution in [2.75, 3.05) is 7.05 Å². The molecule has 0 heterocycles. The van der Waals surface area contributed by atoms with Gasteiger partial charge in [0.25, 0.3) is 0 Å². The smallest absolute Gasteiger partial charge is 0.315 e. The summed E-state index contributed by atoms with van der Waals surface area (Å²) in [5.74, 6) is 0. The van der Waals surface area contributed by atoms with E-state index in [1.54, 1.807) is 7.05 Å². The summed E-state index contributed by atoms with van der Waals surface area (Å²) in [4.78, 5) is 11.1. The summed E-state index contributed by atoms with van der Waals surface area (Å²) in [5.41, 5.74) is 7.65. The lowest BCUT2D eigenvalue weighted by Crippen LogP contribution is -2.34. The van der Waals surface area contributed by atoms with Crippen LogP contribution in [-0.2, 0) is 6.54 Å². The molecule has 1 aromatic rings. The highest BCUT2D eigenvalue weighted by Gasteiger charge is 2.07. The summed E-state index contributed by atoms with van der Waals surface area (Å²) < 4.78 is 0. The summed E-state index contributed by atoms with van der Waals surface area (Å²) in [7, 11) is 1.60. The number of carbonyl (C=O) groups is 1. The highest BCUT2D eigenvalue weighted by molar-refractivity contribution is 5.73. The molecule has 1 unspecified atom stereocenters. The van der Waals surface area contributed by atoms with Crippen LogP contribution in [-0.4, -0.2) is 13.1 Å². The fourth-order valence-corrected chi connectivity index (χ4v) is 1.29. The van der Waals surface area contributed by atoms with Gasteiger partial charge < -0.3 is 16.4 Å². The van der Waals surface area contributed by atoms with Crippen LogP contribution in [0.4, 0.5) is 4.79 Å². The molecule has 0 aliphatic rings. The van der Waals surface area contributed by atoms with E-state index in [0.29, 0.717) is 6.54 Å². The highest BCUT2D eigenvalue weighted by Crippen LogP contribution is 2.12. The Labute approximate surface area is 89.9 Å². The van der Waals surface area contributed by atoms with E-state index in [1.807, 2.05) is 31.2 Å². The molecule has 0 aromatic heterocycles. The molecule has 0 bridgehead atoms. The van der Waals surface area contributed by atoms with Crippen LogP contribution in [0.1, 0.15) is 24.1 Å². The molecule has 1 atom stereocenters. The molecule has 1 rings (SSSR count). The van der Waals surface area contributed by atoms with E-state index >= 15 is 0 Å². The minimum absolute atomic E-state index is 0.00299. The lowest BCUT2D eigenvalue weighted by Gasteiger charge is -2.14. The fraction of sp³-hybridized carbons (Fsp3) is 0.364. The largest absolute Gasteiger partial charge is 0.341 e. The average Bonchev–Trinajstić information content (AvgIpc) is 2.29. The number of hydrogen-bond acceptors (Lipinski definition) is 2. The summed E-state index contributed by atoms with van der Waals surface area (Å²) in [6.07, 6.45) is 0. The molecular weight excluding hydrogens is 190 g/mol. The molecule has 0 fully saturated rings. The van der Waals surface area contributed by atoms with Gasteiger partial charge in [-0.25, -0.2) is 4.79 Å². The monoisotopic (exact) mass is 207 g/mol. The quantitative estimate of drug-likeness (QED) is 0.695. The summed E-state index contributed by atoms with van der Waals surface area (Å²) >= 11 is 0. The second kappa shape index (κ2) is 5.36. The van der Waals surface area contributed by atoms with E-state index in [1.165, 1.54) is 0 Å². The minimum atomic E-state index is -0.176. The van der Waals surface area contributed by atoms with Gasteiger partial charge in [-0.15, -0.1) is 0 Å². The molecule has 82 valence electrons. The van der Waals surface area contributed by atoms with E-state index in [9.17, 15) is 4.79 Å². The van der Waals surface area contributed by atoms with Gasteiger partial charge in [-0.1, -0.05) is 24.3 Å². The van der Waals surface area contributed by atoms with Crippen LogP contribution >= 0.6 is 0 Å². The molecule has 0 spiro atoms. The van der Waals surface area contributed by atoms with Crippen LogP contribution in [0, 0.1) is 0 Å². The summed E-state index contributed by atoms with van der Waals surface area (Å²) in [6.45, 7) is 2.48. The van der Waals surface area contributed by atoms with Gasteiger partial charge in [0.2, 0.25) is 0 Å². The van der Waals surface area contributed by atoms with Crippen LogP contribution < -0.4 is 16.4 Å². The van der Waals surface area contributed by atoms with Crippen LogP contribution in [0.5, 0.6) is 0 Å². The zero-order valence-electron chi connectivity index (χ0n) is 9.08. The van der Waals surface area contributed by atoms with Gasteiger partial charge in [-0.2, -0.15) is 0 Å². The van der Waals surface area contributed by atoms with Gasteiger partial charge in [-0.3, -0.25) is 0 Å². The van der Waals surface area contributed by atoms with Gasteiger partial charge in [0.05, 0.1) is 6.04 Å². The van der Waals surface area contributed by atoms with E-state index in [-0.39, 0.29) is 12.1 Å². The van der Waals surface area contributed by atoms with Crippen molar-refractivity contribution < 1.29 is 4.79 Å². The zero-order valence-corrected chi connectivity index (χ0v) is 9.08. The van der Waals surface area contributed by atoms with Crippen molar-refractivity contribution in [2.45, 2.75) is 19.5 Å². The van der Waals surface area contributed by atoms with E-state index in [2.05, 4.69) is 10.6 Å². The summed E-state index contributed by atoms with van der Waals surface area (Å²) in [5, 5.41) is 5.32. The van der Waals surface area contributed by atoms with Crippen LogP contribution in [0.15, 0.2) is 24.3 Å². The molecule has 1 aromatic carbocycles. The third-order valence-corrected chi connectivity index (χ3v) is 2.29. The lowest BCUT2D eigenvalue weighted by atomic mass is 10.1. The third kappa shape index (κ3) is 3.25. The minimum Gasteiger partial charge on any atom is -0.341 e. The van der Waals surface area contributed by atoms with Crippen molar-refractivity contribution >= 4 is 6.03 Å².